The van der Waals surface area contributed by atoms with E-state index in [1.54, 1.807) is 18.7 Å². The maximum atomic E-state index is 12.6. The van der Waals surface area contributed by atoms with Crippen LogP contribution >= 0.6 is 0 Å². The molecule has 2 unspecified atom stereocenters. The highest BCUT2D eigenvalue weighted by molar-refractivity contribution is 5.88. The number of rotatable bonds is 7. The zero-order valence-electron chi connectivity index (χ0n) is 13.4. The Balaban J connectivity index is 1.91. The van der Waals surface area contributed by atoms with Crippen LogP contribution in [0.4, 0.5) is 0 Å². The van der Waals surface area contributed by atoms with Gasteiger partial charge in [-0.3, -0.25) is 14.4 Å². The van der Waals surface area contributed by atoms with Crippen molar-refractivity contribution >= 4 is 17.8 Å². The Hall–Kier alpha value is -1.59. The highest BCUT2D eigenvalue weighted by Crippen LogP contribution is 2.29. The quantitative estimate of drug-likeness (QED) is 0.744. The molecule has 0 spiro atoms. The zero-order valence-corrected chi connectivity index (χ0v) is 13.4. The lowest BCUT2D eigenvalue weighted by atomic mass is 10.1. The first kappa shape index (κ1) is 16.8. The average Bonchev–Trinajstić information content (AvgIpc) is 3.16. The summed E-state index contributed by atoms with van der Waals surface area (Å²) in [6.07, 6.45) is 5.78. The molecule has 6 nitrogen and oxygen atoms in total. The Labute approximate surface area is 131 Å². The molecule has 0 aromatic rings. The monoisotopic (exact) mass is 310 g/mol. The second-order valence-corrected chi connectivity index (χ2v) is 6.67. The fourth-order valence-electron chi connectivity index (χ4n) is 3.01. The van der Waals surface area contributed by atoms with E-state index in [4.69, 9.17) is 5.11 Å². The van der Waals surface area contributed by atoms with Gasteiger partial charge in [0.15, 0.2) is 0 Å². The molecular formula is C16H26N2O4. The van der Waals surface area contributed by atoms with Gasteiger partial charge < -0.3 is 15.3 Å². The van der Waals surface area contributed by atoms with Crippen LogP contribution in [0.5, 0.6) is 0 Å². The van der Waals surface area contributed by atoms with Crippen LogP contribution in [-0.4, -0.2) is 46.4 Å². The summed E-state index contributed by atoms with van der Waals surface area (Å²) in [5.74, 6) is -1.67. The van der Waals surface area contributed by atoms with Crippen molar-refractivity contribution in [3.63, 3.8) is 0 Å². The van der Waals surface area contributed by atoms with E-state index in [9.17, 15) is 14.4 Å². The minimum atomic E-state index is -0.902. The van der Waals surface area contributed by atoms with Gasteiger partial charge in [-0.1, -0.05) is 19.8 Å². The van der Waals surface area contributed by atoms with Crippen molar-refractivity contribution in [1.29, 1.82) is 0 Å². The number of carboxylic acid groups (broad SMARTS) is 1. The van der Waals surface area contributed by atoms with Crippen molar-refractivity contribution < 1.29 is 19.5 Å². The Morgan fingerprint density at radius 2 is 1.73 bits per heavy atom. The first-order valence-electron chi connectivity index (χ1n) is 8.23. The van der Waals surface area contributed by atoms with Crippen molar-refractivity contribution in [2.45, 2.75) is 64.5 Å². The van der Waals surface area contributed by atoms with E-state index in [0.717, 1.165) is 38.5 Å². The molecule has 124 valence electrons. The Bertz CT molecular complexity index is 441. The molecule has 2 rings (SSSR count). The molecule has 2 aliphatic rings. The number of amides is 2. The van der Waals surface area contributed by atoms with Gasteiger partial charge in [0.1, 0.15) is 6.04 Å². The van der Waals surface area contributed by atoms with E-state index in [1.807, 2.05) is 0 Å². The summed E-state index contributed by atoms with van der Waals surface area (Å²) < 4.78 is 0. The number of nitrogens with one attached hydrogen (secondary N) is 1. The third-order valence-electron chi connectivity index (χ3n) is 4.62. The molecule has 0 bridgehead atoms. The van der Waals surface area contributed by atoms with Gasteiger partial charge in [0.25, 0.3) is 0 Å². The standard InChI is InChI=1S/C16H26N2O4/c1-10(16(21)22)9-18(13-7-8-13)15(20)11(2)17-14(19)12-5-3-4-6-12/h10-13H,3-9H2,1-2H3,(H,17,19)(H,21,22). The van der Waals surface area contributed by atoms with Gasteiger partial charge in [-0.05, 0) is 32.6 Å². The summed E-state index contributed by atoms with van der Waals surface area (Å²) >= 11 is 0. The normalized spacial score (nSPS) is 21.2. The number of hydrogen-bond donors (Lipinski definition) is 2. The summed E-state index contributed by atoms with van der Waals surface area (Å²) in [5, 5.41) is 11.8. The van der Waals surface area contributed by atoms with Crippen LogP contribution in [0.1, 0.15) is 52.4 Å². The van der Waals surface area contributed by atoms with E-state index in [-0.39, 0.29) is 30.3 Å². The van der Waals surface area contributed by atoms with Crippen molar-refractivity contribution in [3.8, 4) is 0 Å². The van der Waals surface area contributed by atoms with Crippen molar-refractivity contribution in [3.05, 3.63) is 0 Å². The SMILES string of the molecule is CC(CN(C(=O)C(C)NC(=O)C1CCCC1)C1CC1)C(=O)O. The van der Waals surface area contributed by atoms with Crippen LogP contribution < -0.4 is 5.32 Å². The molecule has 0 aromatic heterocycles. The van der Waals surface area contributed by atoms with Gasteiger partial charge >= 0.3 is 5.97 Å². The second kappa shape index (κ2) is 7.11. The fourth-order valence-corrected chi connectivity index (χ4v) is 3.01. The summed E-state index contributed by atoms with van der Waals surface area (Å²) in [4.78, 5) is 37.3. The predicted octanol–water partition coefficient (Wildman–Crippen LogP) is 1.39. The van der Waals surface area contributed by atoms with Crippen LogP contribution in [0.3, 0.4) is 0 Å². The topological polar surface area (TPSA) is 86.7 Å². The molecule has 22 heavy (non-hydrogen) atoms. The highest BCUT2D eigenvalue weighted by atomic mass is 16.4. The molecule has 0 heterocycles. The first-order chi connectivity index (χ1) is 10.4. The lowest BCUT2D eigenvalue weighted by molar-refractivity contribution is -0.144. The summed E-state index contributed by atoms with van der Waals surface area (Å²) in [5.41, 5.74) is 0. The fraction of sp³-hybridized carbons (Fsp3) is 0.812. The van der Waals surface area contributed by atoms with Gasteiger partial charge in [-0.2, -0.15) is 0 Å². The molecule has 0 radical (unpaired) electrons. The van der Waals surface area contributed by atoms with Gasteiger partial charge in [-0.25, -0.2) is 0 Å². The third-order valence-corrected chi connectivity index (χ3v) is 4.62. The number of carbonyl (C=O) groups is 3. The van der Waals surface area contributed by atoms with E-state index in [0.29, 0.717) is 0 Å². The Kier molecular flexibility index (Phi) is 5.42. The summed E-state index contributed by atoms with van der Waals surface area (Å²) in [7, 11) is 0. The lowest BCUT2D eigenvalue weighted by Crippen LogP contribution is -2.50. The molecule has 0 saturated heterocycles. The summed E-state index contributed by atoms with van der Waals surface area (Å²) in [6, 6.07) is -0.449. The smallest absolute Gasteiger partial charge is 0.308 e. The average molecular weight is 310 g/mol. The first-order valence-corrected chi connectivity index (χ1v) is 8.23. The number of nitrogens with zero attached hydrogens (tertiary/aromatic N) is 1. The van der Waals surface area contributed by atoms with Crippen molar-refractivity contribution in [2.24, 2.45) is 11.8 Å². The third kappa shape index (κ3) is 4.21. The lowest BCUT2D eigenvalue weighted by Gasteiger charge is -2.28. The van der Waals surface area contributed by atoms with Crippen molar-refractivity contribution in [2.75, 3.05) is 6.54 Å². The molecule has 6 heteroatoms. The van der Waals surface area contributed by atoms with Crippen LogP contribution in [0.2, 0.25) is 0 Å². The second-order valence-electron chi connectivity index (χ2n) is 6.67. The van der Waals surface area contributed by atoms with Crippen LogP contribution in [-0.2, 0) is 14.4 Å². The predicted molar refractivity (Wildman–Crippen MR) is 81.1 cm³/mol. The molecule has 0 aliphatic heterocycles. The van der Waals surface area contributed by atoms with Crippen LogP contribution in [0.25, 0.3) is 0 Å². The molecule has 2 N–H and O–H groups in total. The molecule has 2 amide bonds. The number of aliphatic carboxylic acids is 1. The Morgan fingerprint density at radius 3 is 2.23 bits per heavy atom. The largest absolute Gasteiger partial charge is 0.481 e. The van der Waals surface area contributed by atoms with Crippen molar-refractivity contribution in [1.82, 2.24) is 10.2 Å². The maximum Gasteiger partial charge on any atom is 0.308 e. The molecule has 2 fully saturated rings. The summed E-state index contributed by atoms with van der Waals surface area (Å²) in [6.45, 7) is 3.51. The zero-order chi connectivity index (χ0) is 16.3. The minimum Gasteiger partial charge on any atom is -0.481 e. The van der Waals surface area contributed by atoms with E-state index in [2.05, 4.69) is 5.32 Å². The van der Waals surface area contributed by atoms with Crippen LogP contribution in [0.15, 0.2) is 0 Å². The highest BCUT2D eigenvalue weighted by Gasteiger charge is 2.37. The van der Waals surface area contributed by atoms with Gasteiger partial charge in [-0.15, -0.1) is 0 Å². The van der Waals surface area contributed by atoms with E-state index >= 15 is 0 Å². The van der Waals surface area contributed by atoms with E-state index in [1.165, 1.54) is 0 Å². The Morgan fingerprint density at radius 1 is 1.14 bits per heavy atom. The van der Waals surface area contributed by atoms with Gasteiger partial charge in [0.2, 0.25) is 11.8 Å². The minimum absolute atomic E-state index is 0.0302. The molecule has 2 aliphatic carbocycles. The van der Waals surface area contributed by atoms with Crippen LogP contribution in [0, 0.1) is 11.8 Å². The molecular weight excluding hydrogens is 284 g/mol. The maximum absolute atomic E-state index is 12.6. The van der Waals surface area contributed by atoms with Gasteiger partial charge in [0, 0.05) is 18.5 Å². The number of carboxylic acids is 1. The number of carbonyl (C=O) groups excluding carboxylic acids is 2. The number of hydrogen-bond acceptors (Lipinski definition) is 3. The van der Waals surface area contributed by atoms with Gasteiger partial charge in [0.05, 0.1) is 5.92 Å². The molecule has 2 saturated carbocycles. The molecule has 0 aromatic carbocycles. The van der Waals surface area contributed by atoms with E-state index < -0.39 is 17.9 Å². The molecule has 2 atom stereocenters.